The molecule has 0 spiro atoms. The van der Waals surface area contributed by atoms with Crippen LogP contribution in [0.25, 0.3) is 22.2 Å². The number of rotatable bonds is 2. The molecule has 0 fully saturated rings. The van der Waals surface area contributed by atoms with Crippen LogP contribution in [-0.4, -0.2) is 22.5 Å². The topological polar surface area (TPSA) is 46.9 Å². The van der Waals surface area contributed by atoms with E-state index in [-0.39, 0.29) is 5.91 Å². The molecule has 1 N–H and O–H groups in total. The molecule has 0 saturated heterocycles. The molecule has 0 atom stereocenters. The van der Waals surface area contributed by atoms with Gasteiger partial charge in [0.2, 0.25) is 0 Å². The summed E-state index contributed by atoms with van der Waals surface area (Å²) < 4.78 is 1.99. The maximum Gasteiger partial charge on any atom is 0.251 e. The number of hydrogen-bond donors (Lipinski definition) is 1. The zero-order valence-corrected chi connectivity index (χ0v) is 11.4. The lowest BCUT2D eigenvalue weighted by Crippen LogP contribution is -2.17. The Morgan fingerprint density at radius 2 is 2.10 bits per heavy atom. The number of carbonyl (C=O) groups excluding carboxylic acids is 1. The summed E-state index contributed by atoms with van der Waals surface area (Å²) in [7, 11) is 3.61. The fourth-order valence-corrected chi connectivity index (χ4v) is 2.39. The van der Waals surface area contributed by atoms with Crippen molar-refractivity contribution in [2.24, 2.45) is 7.05 Å². The van der Waals surface area contributed by atoms with Crippen molar-refractivity contribution >= 4 is 16.9 Å². The summed E-state index contributed by atoms with van der Waals surface area (Å²) >= 11 is 0. The zero-order chi connectivity index (χ0) is 14.1. The van der Waals surface area contributed by atoms with E-state index in [0.29, 0.717) is 5.56 Å². The van der Waals surface area contributed by atoms with E-state index in [4.69, 9.17) is 0 Å². The molecule has 0 radical (unpaired) electrons. The molecule has 0 aliphatic heterocycles. The molecular formula is C16H15N3O. The third-order valence-corrected chi connectivity index (χ3v) is 3.43. The lowest BCUT2D eigenvalue weighted by Gasteiger charge is -2.06. The lowest BCUT2D eigenvalue weighted by atomic mass is 10.0. The quantitative estimate of drug-likeness (QED) is 0.774. The summed E-state index contributed by atoms with van der Waals surface area (Å²) in [6, 6.07) is 11.6. The molecule has 20 heavy (non-hydrogen) atoms. The molecule has 4 heteroatoms. The van der Waals surface area contributed by atoms with Crippen LogP contribution in [0.1, 0.15) is 10.4 Å². The predicted molar refractivity (Wildman–Crippen MR) is 79.5 cm³/mol. The first-order chi connectivity index (χ1) is 9.70. The summed E-state index contributed by atoms with van der Waals surface area (Å²) in [6.07, 6.45) is 3.79. The van der Waals surface area contributed by atoms with Gasteiger partial charge in [0.15, 0.2) is 0 Å². The normalized spacial score (nSPS) is 10.7. The second-order valence-electron chi connectivity index (χ2n) is 4.68. The molecule has 1 aromatic carbocycles. The summed E-state index contributed by atoms with van der Waals surface area (Å²) in [5.74, 6) is -0.0785. The van der Waals surface area contributed by atoms with Gasteiger partial charge in [-0.15, -0.1) is 0 Å². The predicted octanol–water partition coefficient (Wildman–Crippen LogP) is 2.60. The number of aromatic nitrogens is 2. The number of aryl methyl sites for hydroxylation is 1. The summed E-state index contributed by atoms with van der Waals surface area (Å²) in [5, 5.41) is 3.73. The van der Waals surface area contributed by atoms with Crippen molar-refractivity contribution in [1.29, 1.82) is 0 Å². The summed E-state index contributed by atoms with van der Waals surface area (Å²) in [4.78, 5) is 16.1. The third kappa shape index (κ3) is 1.95. The van der Waals surface area contributed by atoms with E-state index in [9.17, 15) is 4.79 Å². The number of pyridine rings is 1. The fraction of sp³-hybridized carbons (Fsp3) is 0.125. The van der Waals surface area contributed by atoms with Gasteiger partial charge in [0.05, 0.1) is 0 Å². The molecule has 0 aliphatic rings. The Kier molecular flexibility index (Phi) is 2.99. The van der Waals surface area contributed by atoms with E-state index in [0.717, 1.165) is 22.2 Å². The molecule has 0 aliphatic carbocycles. The number of benzene rings is 1. The van der Waals surface area contributed by atoms with Crippen LogP contribution in [-0.2, 0) is 7.05 Å². The first-order valence-electron chi connectivity index (χ1n) is 6.43. The second-order valence-corrected chi connectivity index (χ2v) is 4.68. The maximum absolute atomic E-state index is 11.7. The second kappa shape index (κ2) is 4.81. The summed E-state index contributed by atoms with van der Waals surface area (Å²) in [5.41, 5.74) is 3.70. The van der Waals surface area contributed by atoms with Gasteiger partial charge in [0, 0.05) is 37.4 Å². The Bertz CT molecular complexity index is 789. The lowest BCUT2D eigenvalue weighted by molar-refractivity contribution is 0.0963. The van der Waals surface area contributed by atoms with E-state index in [2.05, 4.69) is 10.3 Å². The maximum atomic E-state index is 11.7. The molecule has 2 aromatic heterocycles. The number of amides is 1. The highest BCUT2D eigenvalue weighted by Crippen LogP contribution is 2.28. The van der Waals surface area contributed by atoms with Gasteiger partial charge in [-0.1, -0.05) is 12.1 Å². The Hall–Kier alpha value is -2.62. The zero-order valence-electron chi connectivity index (χ0n) is 11.4. The minimum atomic E-state index is -0.0785. The number of nitrogens with zero attached hydrogens (tertiary/aromatic N) is 2. The molecule has 3 rings (SSSR count). The van der Waals surface area contributed by atoms with Crippen LogP contribution in [0.5, 0.6) is 0 Å². The monoisotopic (exact) mass is 265 g/mol. The standard InChI is InChI=1S/C16H15N3O/c1-17-16(20)12-5-3-4-11(10-12)13-6-8-18-15-14(13)7-9-19(15)2/h3-10H,1-2H3,(H,17,20). The van der Waals surface area contributed by atoms with Crippen LogP contribution in [0, 0.1) is 0 Å². The molecule has 100 valence electrons. The van der Waals surface area contributed by atoms with Crippen LogP contribution >= 0.6 is 0 Å². The summed E-state index contributed by atoms with van der Waals surface area (Å²) in [6.45, 7) is 0. The van der Waals surface area contributed by atoms with Crippen molar-refractivity contribution in [3.05, 3.63) is 54.4 Å². The molecule has 0 saturated carbocycles. The van der Waals surface area contributed by atoms with Gasteiger partial charge in [0.25, 0.3) is 5.91 Å². The number of hydrogen-bond acceptors (Lipinski definition) is 2. The Balaban J connectivity index is 2.18. The Labute approximate surface area is 117 Å². The van der Waals surface area contributed by atoms with Crippen molar-refractivity contribution in [2.75, 3.05) is 7.05 Å². The van der Waals surface area contributed by atoms with Gasteiger partial charge < -0.3 is 9.88 Å². The van der Waals surface area contributed by atoms with Crippen LogP contribution in [0.2, 0.25) is 0 Å². The third-order valence-electron chi connectivity index (χ3n) is 3.43. The van der Waals surface area contributed by atoms with Crippen molar-refractivity contribution < 1.29 is 4.79 Å². The van der Waals surface area contributed by atoms with E-state index in [1.54, 1.807) is 13.2 Å². The van der Waals surface area contributed by atoms with Gasteiger partial charge in [0.1, 0.15) is 5.65 Å². The van der Waals surface area contributed by atoms with Gasteiger partial charge in [-0.25, -0.2) is 4.98 Å². The van der Waals surface area contributed by atoms with Crippen LogP contribution < -0.4 is 5.32 Å². The number of fused-ring (bicyclic) bond motifs is 1. The highest BCUT2D eigenvalue weighted by Gasteiger charge is 2.09. The minimum Gasteiger partial charge on any atom is -0.355 e. The van der Waals surface area contributed by atoms with Crippen molar-refractivity contribution in [2.45, 2.75) is 0 Å². The van der Waals surface area contributed by atoms with Crippen molar-refractivity contribution in [1.82, 2.24) is 14.9 Å². The van der Waals surface area contributed by atoms with E-state index >= 15 is 0 Å². The molecule has 0 bridgehead atoms. The van der Waals surface area contributed by atoms with Crippen LogP contribution in [0.15, 0.2) is 48.8 Å². The first-order valence-corrected chi connectivity index (χ1v) is 6.43. The van der Waals surface area contributed by atoms with Gasteiger partial charge in [-0.3, -0.25) is 4.79 Å². The van der Waals surface area contributed by atoms with E-state index < -0.39 is 0 Å². The molecule has 3 aromatic rings. The molecular weight excluding hydrogens is 250 g/mol. The highest BCUT2D eigenvalue weighted by atomic mass is 16.1. The van der Waals surface area contributed by atoms with Crippen molar-refractivity contribution in [3.63, 3.8) is 0 Å². The fourth-order valence-electron chi connectivity index (χ4n) is 2.39. The molecule has 2 heterocycles. The van der Waals surface area contributed by atoms with E-state index in [1.165, 1.54) is 0 Å². The largest absolute Gasteiger partial charge is 0.355 e. The molecule has 1 amide bonds. The smallest absolute Gasteiger partial charge is 0.251 e. The number of nitrogens with one attached hydrogen (secondary N) is 1. The average molecular weight is 265 g/mol. The van der Waals surface area contributed by atoms with Crippen molar-refractivity contribution in [3.8, 4) is 11.1 Å². The molecule has 4 nitrogen and oxygen atoms in total. The number of carbonyl (C=O) groups is 1. The SMILES string of the molecule is CNC(=O)c1cccc(-c2ccnc3c2ccn3C)c1. The first kappa shape index (κ1) is 12.4. The Morgan fingerprint density at radius 3 is 2.90 bits per heavy atom. The van der Waals surface area contributed by atoms with Gasteiger partial charge in [-0.2, -0.15) is 0 Å². The average Bonchev–Trinajstić information content (AvgIpc) is 2.88. The van der Waals surface area contributed by atoms with Gasteiger partial charge >= 0.3 is 0 Å². The van der Waals surface area contributed by atoms with Crippen LogP contribution in [0.4, 0.5) is 0 Å². The highest BCUT2D eigenvalue weighted by molar-refractivity contribution is 5.98. The molecule has 0 unspecified atom stereocenters. The van der Waals surface area contributed by atoms with E-state index in [1.807, 2.05) is 54.2 Å². The van der Waals surface area contributed by atoms with Gasteiger partial charge in [-0.05, 0) is 35.4 Å². The minimum absolute atomic E-state index is 0.0785. The Morgan fingerprint density at radius 1 is 1.25 bits per heavy atom. The van der Waals surface area contributed by atoms with Crippen LogP contribution in [0.3, 0.4) is 0 Å².